The smallest absolute Gasteiger partial charge is 0.232 e. The van der Waals surface area contributed by atoms with Crippen molar-refractivity contribution >= 4 is 129 Å². The number of fused-ring (bicyclic) bond motifs is 3. The molecule has 0 bridgehead atoms. The van der Waals surface area contributed by atoms with Crippen molar-refractivity contribution in [3.8, 4) is 33.4 Å². The second kappa shape index (κ2) is 30.9. The molecule has 3 aromatic heterocycles. The number of nitrogens with one attached hydrogen (secondary N) is 3. The van der Waals surface area contributed by atoms with E-state index in [1.54, 1.807) is 106 Å². The fourth-order valence-electron chi connectivity index (χ4n) is 10.6. The van der Waals surface area contributed by atoms with Gasteiger partial charge in [0.05, 0.1) is 72.0 Å². The highest BCUT2D eigenvalue weighted by molar-refractivity contribution is 8.08. The lowest BCUT2D eigenvalue weighted by atomic mass is 10.1. The van der Waals surface area contributed by atoms with Crippen LogP contribution in [0.5, 0.6) is 0 Å². The van der Waals surface area contributed by atoms with E-state index >= 15 is 13.2 Å². The maximum atomic E-state index is 15.2. The molecule has 1 atom stereocenters. The summed E-state index contributed by atoms with van der Waals surface area (Å²) in [6, 6.07) is 32.1. The first-order chi connectivity index (χ1) is 47.0. The summed E-state index contributed by atoms with van der Waals surface area (Å²) in [5.41, 5.74) is 6.75. The van der Waals surface area contributed by atoms with E-state index in [0.29, 0.717) is 68.2 Å². The molecule has 9 aromatic rings. The van der Waals surface area contributed by atoms with E-state index in [0.717, 1.165) is 87.2 Å². The molecule has 0 radical (unpaired) electrons. The molecule has 0 fully saturated rings. The van der Waals surface area contributed by atoms with Gasteiger partial charge < -0.3 is 0 Å². The molecule has 0 saturated heterocycles. The minimum atomic E-state index is -4.69. The van der Waals surface area contributed by atoms with Gasteiger partial charge in [0, 0.05) is 96.1 Å². The minimum absolute atomic E-state index is 0.149. The molecule has 3 N–H and O–H groups in total. The van der Waals surface area contributed by atoms with Crippen LogP contribution in [0.4, 0.5) is 43.4 Å². The maximum Gasteiger partial charge on any atom is 0.232 e. The van der Waals surface area contributed by atoms with E-state index in [2.05, 4.69) is 24.4 Å². The van der Waals surface area contributed by atoms with E-state index in [-0.39, 0.29) is 56.1 Å². The standard InChI is InChI=1S/C23H19ClF2N2O4S2.C23H19ClF2N2O3S2.C23H19ClF2N2O2S2/c1-2-11-33(29,30)28-20-8-7-18(25)23(22(20)26)34(31,32)21-10-9-19-17(21)12-15(13-27-19)14-3-5-16(24)6-4-14;1-2-11-33(30,31)28-20-8-7-18(25)23(22(20)26)32(29)21-10-9-19-17(21)12-15(13-27-19)14-3-5-16(24)6-4-14;1-2-11-32(29,30)28-20-8-7-18(25)23(22(20)26)31-21-10-9-19-17(21)12-15(13-27-19)14-3-5-16(24)6-4-14/h3-8,10,12-13,28H,2,9,11H2,1H3;3-8,10,12-13,28H,2,9,11H2,1H3;3-8,10,12-13,28H,2,9,11H2,1H3. The number of hydrogen-bond donors (Lipinski definition) is 3. The highest BCUT2D eigenvalue weighted by Crippen LogP contribution is 2.45. The van der Waals surface area contributed by atoms with Gasteiger partial charge >= 0.3 is 0 Å². The summed E-state index contributed by atoms with van der Waals surface area (Å²) in [4.78, 5) is 11.6. The van der Waals surface area contributed by atoms with Crippen LogP contribution in [0.3, 0.4) is 0 Å². The van der Waals surface area contributed by atoms with Gasteiger partial charge in [-0.3, -0.25) is 29.1 Å². The fourth-order valence-corrected chi connectivity index (χ4v) is 18.4. The largest absolute Gasteiger partial charge is 0.281 e. The zero-order valence-corrected chi connectivity index (χ0v) is 59.5. The Morgan fingerprint density at radius 2 is 0.828 bits per heavy atom. The van der Waals surface area contributed by atoms with Crippen LogP contribution >= 0.6 is 46.6 Å². The number of hydrogen-bond acceptors (Lipinski definition) is 13. The van der Waals surface area contributed by atoms with E-state index in [4.69, 9.17) is 34.8 Å². The van der Waals surface area contributed by atoms with Gasteiger partial charge in [0.25, 0.3) is 0 Å². The van der Waals surface area contributed by atoms with Gasteiger partial charge in [-0.15, -0.1) is 0 Å². The Kier molecular flexibility index (Phi) is 23.1. The van der Waals surface area contributed by atoms with Gasteiger partial charge in [-0.25, -0.2) is 64.2 Å². The number of pyridine rings is 3. The van der Waals surface area contributed by atoms with Crippen LogP contribution in [0.25, 0.3) is 48.1 Å². The predicted molar refractivity (Wildman–Crippen MR) is 381 cm³/mol. The van der Waals surface area contributed by atoms with Crippen LogP contribution in [0.1, 0.15) is 73.8 Å². The summed E-state index contributed by atoms with van der Waals surface area (Å²) < 4.78 is 208. The third kappa shape index (κ3) is 17.1. The van der Waals surface area contributed by atoms with Gasteiger partial charge in [-0.1, -0.05) is 122 Å². The summed E-state index contributed by atoms with van der Waals surface area (Å²) in [5.74, 6) is -7.44. The van der Waals surface area contributed by atoms with Crippen LogP contribution < -0.4 is 14.2 Å². The summed E-state index contributed by atoms with van der Waals surface area (Å²) in [6.45, 7) is 4.99. The van der Waals surface area contributed by atoms with Crippen molar-refractivity contribution in [2.24, 2.45) is 0 Å². The predicted octanol–water partition coefficient (Wildman–Crippen LogP) is 17.3. The number of aromatic nitrogens is 3. The van der Waals surface area contributed by atoms with Gasteiger partial charge in [-0.2, -0.15) is 0 Å². The molecule has 3 aliphatic rings. The van der Waals surface area contributed by atoms with E-state index < -0.39 is 107 Å². The van der Waals surface area contributed by atoms with Crippen LogP contribution in [0.15, 0.2) is 179 Å². The Bertz CT molecular complexity index is 5250. The Morgan fingerprint density at radius 1 is 0.444 bits per heavy atom. The van der Waals surface area contributed by atoms with Crippen LogP contribution in [-0.4, -0.2) is 70.1 Å². The van der Waals surface area contributed by atoms with Crippen molar-refractivity contribution in [2.75, 3.05) is 31.4 Å². The molecule has 0 amide bonds. The lowest BCUT2D eigenvalue weighted by Crippen LogP contribution is -2.18. The molecule has 6 aromatic carbocycles. The van der Waals surface area contributed by atoms with Gasteiger partial charge in [0.15, 0.2) is 17.5 Å². The van der Waals surface area contributed by atoms with E-state index in [1.165, 1.54) is 6.08 Å². The number of allylic oxidation sites excluding steroid dienone is 3. The highest BCUT2D eigenvalue weighted by atomic mass is 35.5. The quantitative estimate of drug-likeness (QED) is 0.0570. The maximum absolute atomic E-state index is 15.2. The molecule has 0 saturated carbocycles. The molecule has 516 valence electrons. The van der Waals surface area contributed by atoms with Crippen LogP contribution in [-0.2, 0) is 70.0 Å². The molecule has 0 spiro atoms. The molecular weight excluding hydrogens is 1470 g/mol. The van der Waals surface area contributed by atoms with Gasteiger partial charge in [-0.05, 0) is 127 Å². The summed E-state index contributed by atoms with van der Waals surface area (Å²) >= 11 is 18.8. The molecule has 1 unspecified atom stereocenters. The topological polar surface area (TPSA) is 228 Å². The average molecular weight is 1530 g/mol. The SMILES string of the molecule is CCCS(=O)(=O)Nc1ccc(F)c(S(=O)(=O)C2=CCc3ncc(-c4ccc(Cl)cc4)cc32)c1F.CCCS(=O)(=O)Nc1ccc(F)c(S(=O)C2=CCc3ncc(-c4ccc(Cl)cc4)cc32)c1F.CCCS(=O)(=O)Nc1ccc(F)c(SC2=CCc3ncc(-c4ccc(Cl)cc4)cc32)c1F. The Morgan fingerprint density at radius 3 is 1.30 bits per heavy atom. The molecule has 3 heterocycles. The first-order valence-electron chi connectivity index (χ1n) is 30.2. The van der Waals surface area contributed by atoms with Crippen LogP contribution in [0.2, 0.25) is 15.1 Å². The molecule has 99 heavy (non-hydrogen) atoms. The summed E-state index contributed by atoms with van der Waals surface area (Å²) in [5, 5.41) is 1.73. The summed E-state index contributed by atoms with van der Waals surface area (Å²) in [7, 11) is -18.4. The first kappa shape index (κ1) is 73.8. The second-order valence-corrected chi connectivity index (χ2v) is 33.5. The zero-order valence-electron chi connectivity index (χ0n) is 52.3. The number of halogens is 9. The van der Waals surface area contributed by atoms with E-state index in [9.17, 15) is 51.1 Å². The first-order valence-corrected chi connectivity index (χ1v) is 39.7. The van der Waals surface area contributed by atoms with Crippen molar-refractivity contribution in [3.63, 3.8) is 0 Å². The van der Waals surface area contributed by atoms with Crippen molar-refractivity contribution in [1.82, 2.24) is 15.0 Å². The normalized spacial score (nSPS) is 13.5. The number of anilines is 3. The molecule has 3 aliphatic carbocycles. The van der Waals surface area contributed by atoms with Crippen LogP contribution in [0, 0.1) is 34.9 Å². The Balaban J connectivity index is 0.000000161. The number of thioether (sulfide) groups is 1. The minimum Gasteiger partial charge on any atom is -0.281 e. The van der Waals surface area contributed by atoms with Crippen molar-refractivity contribution in [3.05, 3.63) is 248 Å². The molecule has 12 rings (SSSR count). The summed E-state index contributed by atoms with van der Waals surface area (Å²) in [6.07, 6.45) is 11.9. The third-order valence-corrected chi connectivity index (χ3v) is 25.0. The third-order valence-electron chi connectivity index (χ3n) is 15.2. The van der Waals surface area contributed by atoms with Crippen molar-refractivity contribution in [2.45, 2.75) is 74.0 Å². The lowest BCUT2D eigenvalue weighted by Gasteiger charge is -2.14. The number of rotatable bonds is 21. The number of nitrogens with zero attached hydrogens (tertiary/aromatic N) is 3. The lowest BCUT2D eigenvalue weighted by molar-refractivity contribution is 0.524. The van der Waals surface area contributed by atoms with Gasteiger partial charge in [0.2, 0.25) is 39.9 Å². The molecular formula is C69H57Cl3F6N6O9S6. The Hall–Kier alpha value is -7.86. The van der Waals surface area contributed by atoms with Crippen molar-refractivity contribution in [1.29, 1.82) is 0 Å². The van der Waals surface area contributed by atoms with E-state index in [1.807, 2.05) is 41.1 Å². The number of benzene rings is 6. The molecule has 30 heteroatoms. The molecule has 0 aliphatic heterocycles. The number of sulfonamides is 3. The fraction of sp³-hybridized carbons (Fsp3) is 0.174. The second-order valence-electron chi connectivity index (χ2n) is 22.3. The van der Waals surface area contributed by atoms with Gasteiger partial charge in [0.1, 0.15) is 27.2 Å². The average Bonchev–Trinajstić information content (AvgIpc) is 1.72. The zero-order chi connectivity index (χ0) is 71.3. The number of sulfone groups is 1. The van der Waals surface area contributed by atoms with Crippen molar-refractivity contribution < 1.29 is 64.2 Å². The Labute approximate surface area is 590 Å². The highest BCUT2D eigenvalue weighted by Gasteiger charge is 2.36. The molecule has 15 nitrogen and oxygen atoms in total. The monoisotopic (exact) mass is 1520 g/mol.